The Bertz CT molecular complexity index is 522. The van der Waals surface area contributed by atoms with E-state index in [1.54, 1.807) is 6.26 Å². The highest BCUT2D eigenvalue weighted by Crippen LogP contribution is 2.30. The van der Waals surface area contributed by atoms with Crippen LogP contribution in [-0.2, 0) is 0 Å². The van der Waals surface area contributed by atoms with Crippen LogP contribution in [0.3, 0.4) is 0 Å². The summed E-state index contributed by atoms with van der Waals surface area (Å²) < 4.78 is 5.45. The van der Waals surface area contributed by atoms with Crippen molar-refractivity contribution in [2.24, 2.45) is 0 Å². The summed E-state index contributed by atoms with van der Waals surface area (Å²) in [6.45, 7) is 0. The summed E-state index contributed by atoms with van der Waals surface area (Å²) in [5.41, 5.74) is 3.39. The second kappa shape index (κ2) is 2.36. The van der Waals surface area contributed by atoms with E-state index in [9.17, 15) is 0 Å². The van der Waals surface area contributed by atoms with Gasteiger partial charge in [0.1, 0.15) is 5.58 Å². The molecular formula is C12H8O. The molecule has 3 rings (SSSR count). The second-order valence-electron chi connectivity index (χ2n) is 3.13. The van der Waals surface area contributed by atoms with Gasteiger partial charge in [0.15, 0.2) is 0 Å². The summed E-state index contributed by atoms with van der Waals surface area (Å²) in [6.07, 6.45) is 1.73. The second-order valence-corrected chi connectivity index (χ2v) is 3.13. The average Bonchev–Trinajstić information content (AvgIpc) is 2.72. The summed E-state index contributed by atoms with van der Waals surface area (Å²) in [7, 11) is 0. The van der Waals surface area contributed by atoms with Gasteiger partial charge in [-0.05, 0) is 11.6 Å². The van der Waals surface area contributed by atoms with E-state index in [4.69, 9.17) is 4.42 Å². The molecule has 0 spiro atoms. The van der Waals surface area contributed by atoms with Crippen molar-refractivity contribution in [3.8, 4) is 11.1 Å². The highest BCUT2D eigenvalue weighted by molar-refractivity contribution is 5.92. The Morgan fingerprint density at radius 3 is 2.62 bits per heavy atom. The SMILES string of the molecule is c1cc2cccc3ccoc3c-2c1. The number of fused-ring (bicyclic) bond motifs is 3. The van der Waals surface area contributed by atoms with Crippen molar-refractivity contribution in [2.45, 2.75) is 0 Å². The molecule has 1 heterocycles. The van der Waals surface area contributed by atoms with Crippen molar-refractivity contribution < 1.29 is 4.42 Å². The van der Waals surface area contributed by atoms with Crippen LogP contribution in [0.2, 0.25) is 0 Å². The quantitative estimate of drug-likeness (QED) is 0.500. The standard InChI is InChI=1S/C12H8O/c1-3-9-4-2-6-11(9)12-10(5-1)7-8-13-12/h1-8H. The summed E-state index contributed by atoms with van der Waals surface area (Å²) >= 11 is 0. The molecule has 0 unspecified atom stereocenters. The van der Waals surface area contributed by atoms with Crippen LogP contribution in [0.4, 0.5) is 0 Å². The smallest absolute Gasteiger partial charge is 0.141 e. The maximum absolute atomic E-state index is 5.45. The van der Waals surface area contributed by atoms with E-state index in [0.29, 0.717) is 0 Å². The summed E-state index contributed by atoms with van der Waals surface area (Å²) in [5, 5.41) is 1.15. The van der Waals surface area contributed by atoms with Crippen LogP contribution in [0.1, 0.15) is 0 Å². The Morgan fingerprint density at radius 2 is 1.69 bits per heavy atom. The third kappa shape index (κ3) is 0.872. The summed E-state index contributed by atoms with van der Waals surface area (Å²) in [5.74, 6) is 0. The molecule has 0 radical (unpaired) electrons. The highest BCUT2D eigenvalue weighted by Gasteiger charge is 2.06. The average molecular weight is 168 g/mol. The van der Waals surface area contributed by atoms with E-state index in [1.165, 1.54) is 11.1 Å². The molecule has 0 aliphatic heterocycles. The molecule has 0 saturated heterocycles. The Hall–Kier alpha value is -1.76. The Balaban J connectivity index is 2.58. The molecule has 2 aliphatic rings. The van der Waals surface area contributed by atoms with Gasteiger partial charge in [0.25, 0.3) is 0 Å². The van der Waals surface area contributed by atoms with Gasteiger partial charge in [-0.1, -0.05) is 36.4 Å². The fourth-order valence-electron chi connectivity index (χ4n) is 1.71. The molecule has 13 heavy (non-hydrogen) atoms. The maximum Gasteiger partial charge on any atom is 0.141 e. The molecule has 1 heteroatoms. The van der Waals surface area contributed by atoms with Gasteiger partial charge in [-0.3, -0.25) is 0 Å². The van der Waals surface area contributed by atoms with Gasteiger partial charge < -0.3 is 4.42 Å². The highest BCUT2D eigenvalue weighted by atomic mass is 16.3. The largest absolute Gasteiger partial charge is 0.464 e. The van der Waals surface area contributed by atoms with Gasteiger partial charge in [0, 0.05) is 10.9 Å². The topological polar surface area (TPSA) is 13.1 Å². The van der Waals surface area contributed by atoms with Crippen molar-refractivity contribution in [3.63, 3.8) is 0 Å². The summed E-state index contributed by atoms with van der Waals surface area (Å²) in [6, 6.07) is 14.4. The third-order valence-electron chi connectivity index (χ3n) is 2.34. The Kier molecular flexibility index (Phi) is 1.22. The van der Waals surface area contributed by atoms with Gasteiger partial charge in [0.05, 0.1) is 6.26 Å². The van der Waals surface area contributed by atoms with Crippen molar-refractivity contribution in [2.75, 3.05) is 0 Å². The minimum absolute atomic E-state index is 0.977. The Morgan fingerprint density at radius 1 is 0.846 bits per heavy atom. The van der Waals surface area contributed by atoms with Gasteiger partial charge in [0.2, 0.25) is 0 Å². The molecular weight excluding hydrogens is 160 g/mol. The Labute approximate surface area is 75.9 Å². The molecule has 1 nitrogen and oxygen atoms in total. The lowest BCUT2D eigenvalue weighted by atomic mass is 10.2. The lowest BCUT2D eigenvalue weighted by molar-refractivity contribution is 0.617. The molecule has 0 fully saturated rings. The molecule has 1 aromatic rings. The van der Waals surface area contributed by atoms with E-state index in [0.717, 1.165) is 11.0 Å². The van der Waals surface area contributed by atoms with Crippen LogP contribution in [0.15, 0.2) is 53.1 Å². The zero-order chi connectivity index (χ0) is 8.67. The van der Waals surface area contributed by atoms with Crippen molar-refractivity contribution >= 4 is 11.0 Å². The maximum atomic E-state index is 5.45. The van der Waals surface area contributed by atoms with E-state index in [-0.39, 0.29) is 0 Å². The van der Waals surface area contributed by atoms with Crippen molar-refractivity contribution in [1.82, 2.24) is 0 Å². The predicted octanol–water partition coefficient (Wildman–Crippen LogP) is 3.54. The summed E-state index contributed by atoms with van der Waals surface area (Å²) in [4.78, 5) is 0. The minimum atomic E-state index is 0.977. The normalized spacial score (nSPS) is 11.1. The number of rotatable bonds is 0. The predicted molar refractivity (Wildman–Crippen MR) is 52.8 cm³/mol. The monoisotopic (exact) mass is 168 g/mol. The van der Waals surface area contributed by atoms with Crippen LogP contribution in [-0.4, -0.2) is 0 Å². The van der Waals surface area contributed by atoms with Crippen molar-refractivity contribution in [1.29, 1.82) is 0 Å². The van der Waals surface area contributed by atoms with Crippen LogP contribution in [0.25, 0.3) is 22.1 Å². The van der Waals surface area contributed by atoms with Gasteiger partial charge in [-0.15, -0.1) is 0 Å². The first kappa shape index (κ1) is 6.72. The first-order chi connectivity index (χ1) is 6.45. The number of hydrogen-bond donors (Lipinski definition) is 0. The molecule has 1 aromatic heterocycles. The van der Waals surface area contributed by atoms with E-state index in [2.05, 4.69) is 30.3 Å². The fourth-order valence-corrected chi connectivity index (χ4v) is 1.71. The molecule has 62 valence electrons. The zero-order valence-electron chi connectivity index (χ0n) is 7.03. The number of furan rings is 1. The van der Waals surface area contributed by atoms with Crippen molar-refractivity contribution in [3.05, 3.63) is 48.7 Å². The van der Waals surface area contributed by atoms with E-state index >= 15 is 0 Å². The molecule has 0 saturated carbocycles. The van der Waals surface area contributed by atoms with Crippen LogP contribution >= 0.6 is 0 Å². The van der Waals surface area contributed by atoms with Crippen LogP contribution in [0.5, 0.6) is 0 Å². The molecule has 0 atom stereocenters. The molecule has 0 N–H and O–H groups in total. The van der Waals surface area contributed by atoms with Gasteiger partial charge in [-0.25, -0.2) is 0 Å². The molecule has 0 bridgehead atoms. The first-order valence-corrected chi connectivity index (χ1v) is 4.30. The van der Waals surface area contributed by atoms with Crippen LogP contribution in [0, 0.1) is 0 Å². The van der Waals surface area contributed by atoms with Gasteiger partial charge >= 0.3 is 0 Å². The number of hydrogen-bond acceptors (Lipinski definition) is 1. The molecule has 0 aromatic carbocycles. The van der Waals surface area contributed by atoms with Crippen LogP contribution < -0.4 is 0 Å². The van der Waals surface area contributed by atoms with E-state index < -0.39 is 0 Å². The third-order valence-corrected chi connectivity index (χ3v) is 2.34. The lowest BCUT2D eigenvalue weighted by Gasteiger charge is -1.90. The fraction of sp³-hybridized carbons (Fsp3) is 0. The lowest BCUT2D eigenvalue weighted by Crippen LogP contribution is -1.64. The van der Waals surface area contributed by atoms with Gasteiger partial charge in [-0.2, -0.15) is 0 Å². The molecule has 0 amide bonds. The minimum Gasteiger partial charge on any atom is -0.464 e. The zero-order valence-corrected chi connectivity index (χ0v) is 7.03. The first-order valence-electron chi connectivity index (χ1n) is 4.30. The molecule has 2 aliphatic carbocycles. The van der Waals surface area contributed by atoms with E-state index in [1.807, 2.05) is 12.1 Å².